The lowest BCUT2D eigenvalue weighted by Gasteiger charge is -2.42. The minimum atomic E-state index is 0. The lowest BCUT2D eigenvalue weighted by atomic mass is 9.89. The number of rotatable bonds is 5. The van der Waals surface area contributed by atoms with Gasteiger partial charge in [0.1, 0.15) is 0 Å². The van der Waals surface area contributed by atoms with Crippen LogP contribution in [0.15, 0.2) is 35.3 Å². The summed E-state index contributed by atoms with van der Waals surface area (Å²) in [4.78, 5) is 9.86. The molecular weight excluding hydrogens is 451 g/mol. The lowest BCUT2D eigenvalue weighted by Crippen LogP contribution is -2.52. The van der Waals surface area contributed by atoms with E-state index >= 15 is 0 Å². The van der Waals surface area contributed by atoms with Crippen LogP contribution in [0.2, 0.25) is 0 Å². The molecule has 1 aromatic rings. The number of likely N-dealkylation sites (tertiary alicyclic amines) is 1. The Labute approximate surface area is 181 Å². The maximum absolute atomic E-state index is 5.59. The molecule has 6 heteroatoms. The van der Waals surface area contributed by atoms with Gasteiger partial charge in [0.2, 0.25) is 0 Å². The molecule has 1 atom stereocenters. The van der Waals surface area contributed by atoms with E-state index in [1.807, 2.05) is 0 Å². The van der Waals surface area contributed by atoms with Crippen molar-refractivity contribution in [2.75, 3.05) is 53.5 Å². The second-order valence-corrected chi connectivity index (χ2v) is 7.74. The third-order valence-electron chi connectivity index (χ3n) is 5.99. The van der Waals surface area contributed by atoms with Crippen LogP contribution in [0.1, 0.15) is 37.7 Å². The molecule has 2 aliphatic heterocycles. The Morgan fingerprint density at radius 1 is 1.26 bits per heavy atom. The topological polar surface area (TPSA) is 40.1 Å². The maximum atomic E-state index is 5.59. The molecule has 2 heterocycles. The van der Waals surface area contributed by atoms with Gasteiger partial charge < -0.3 is 19.9 Å². The first-order valence-electron chi connectivity index (χ1n) is 9.98. The van der Waals surface area contributed by atoms with Gasteiger partial charge in [-0.15, -0.1) is 24.0 Å². The second-order valence-electron chi connectivity index (χ2n) is 7.74. The van der Waals surface area contributed by atoms with E-state index in [2.05, 4.69) is 66.5 Å². The Balaban J connectivity index is 0.00000261. The first-order valence-corrected chi connectivity index (χ1v) is 9.98. The highest BCUT2D eigenvalue weighted by Gasteiger charge is 2.35. The van der Waals surface area contributed by atoms with Crippen LogP contribution in [0.3, 0.4) is 0 Å². The Hall–Kier alpha value is -0.860. The molecule has 0 bridgehead atoms. The molecule has 0 aromatic heterocycles. The summed E-state index contributed by atoms with van der Waals surface area (Å²) in [5.41, 5.74) is 1.57. The van der Waals surface area contributed by atoms with Gasteiger partial charge in [0.25, 0.3) is 0 Å². The van der Waals surface area contributed by atoms with E-state index in [4.69, 9.17) is 9.73 Å². The minimum Gasteiger partial charge on any atom is -0.381 e. The molecule has 0 aliphatic carbocycles. The fourth-order valence-corrected chi connectivity index (χ4v) is 4.10. The highest BCUT2D eigenvalue weighted by atomic mass is 127. The zero-order valence-electron chi connectivity index (χ0n) is 17.0. The highest BCUT2D eigenvalue weighted by Crippen LogP contribution is 2.28. The fraction of sp³-hybridized carbons (Fsp3) is 0.667. The normalized spacial score (nSPS) is 22.6. The third-order valence-corrected chi connectivity index (χ3v) is 5.99. The van der Waals surface area contributed by atoms with E-state index in [0.717, 1.165) is 58.2 Å². The smallest absolute Gasteiger partial charge is 0.194 e. The van der Waals surface area contributed by atoms with Crippen LogP contribution in [-0.2, 0) is 4.74 Å². The first-order chi connectivity index (χ1) is 12.6. The molecule has 1 N–H and O–H groups in total. The van der Waals surface area contributed by atoms with E-state index in [9.17, 15) is 0 Å². The van der Waals surface area contributed by atoms with Crippen LogP contribution < -0.4 is 5.32 Å². The third kappa shape index (κ3) is 5.57. The molecule has 2 saturated heterocycles. The van der Waals surface area contributed by atoms with Gasteiger partial charge in [0.05, 0.1) is 6.54 Å². The van der Waals surface area contributed by atoms with Crippen LogP contribution in [-0.4, -0.2) is 74.8 Å². The summed E-state index contributed by atoms with van der Waals surface area (Å²) in [6.07, 6.45) is 3.30. The minimum absolute atomic E-state index is 0. The van der Waals surface area contributed by atoms with Crippen molar-refractivity contribution in [3.63, 3.8) is 0 Å². The highest BCUT2D eigenvalue weighted by molar-refractivity contribution is 14.0. The van der Waals surface area contributed by atoms with Crippen LogP contribution in [0.4, 0.5) is 0 Å². The average Bonchev–Trinajstić information content (AvgIpc) is 3.16. The molecule has 0 saturated carbocycles. The number of halogens is 1. The maximum Gasteiger partial charge on any atom is 0.194 e. The predicted molar refractivity (Wildman–Crippen MR) is 123 cm³/mol. The van der Waals surface area contributed by atoms with Crippen molar-refractivity contribution in [1.82, 2.24) is 15.1 Å². The van der Waals surface area contributed by atoms with E-state index in [1.165, 1.54) is 12.0 Å². The summed E-state index contributed by atoms with van der Waals surface area (Å²) in [5, 5.41) is 3.52. The van der Waals surface area contributed by atoms with E-state index in [-0.39, 0.29) is 29.5 Å². The second kappa shape index (κ2) is 10.6. The molecule has 1 aromatic carbocycles. The number of benzene rings is 1. The number of hydrogen-bond donors (Lipinski definition) is 1. The van der Waals surface area contributed by atoms with Crippen LogP contribution in [0, 0.1) is 0 Å². The molecular formula is C21H35IN4O. The summed E-state index contributed by atoms with van der Waals surface area (Å²) in [6, 6.07) is 10.9. The predicted octanol–water partition coefficient (Wildman–Crippen LogP) is 3.17. The standard InChI is InChI=1S/C21H34N4O.HI/c1-4-22-20(23-17-21(24(2)3)11-14-26-15-12-21)25-13-10-19(16-25)18-8-6-5-7-9-18;/h5-9,19H,4,10-17H2,1-3H3,(H,22,23);1H. The van der Waals surface area contributed by atoms with E-state index in [1.54, 1.807) is 0 Å². The van der Waals surface area contributed by atoms with Gasteiger partial charge in [0.15, 0.2) is 5.96 Å². The van der Waals surface area contributed by atoms with Crippen molar-refractivity contribution in [2.45, 2.75) is 37.6 Å². The molecule has 0 radical (unpaired) electrons. The monoisotopic (exact) mass is 486 g/mol. The van der Waals surface area contributed by atoms with E-state index in [0.29, 0.717) is 5.92 Å². The van der Waals surface area contributed by atoms with Crippen LogP contribution in [0.5, 0.6) is 0 Å². The molecule has 3 rings (SSSR count). The van der Waals surface area contributed by atoms with Crippen molar-refractivity contribution in [3.05, 3.63) is 35.9 Å². The zero-order chi connectivity index (χ0) is 18.4. The van der Waals surface area contributed by atoms with Gasteiger partial charge in [-0.05, 0) is 45.8 Å². The number of nitrogens with zero attached hydrogens (tertiary/aromatic N) is 3. The number of guanidine groups is 1. The van der Waals surface area contributed by atoms with Crippen LogP contribution in [0.25, 0.3) is 0 Å². The largest absolute Gasteiger partial charge is 0.381 e. The first kappa shape index (κ1) is 22.4. The van der Waals surface area contributed by atoms with Crippen molar-refractivity contribution in [1.29, 1.82) is 0 Å². The van der Waals surface area contributed by atoms with Gasteiger partial charge in [-0.3, -0.25) is 4.99 Å². The van der Waals surface area contributed by atoms with Crippen molar-refractivity contribution in [3.8, 4) is 0 Å². The van der Waals surface area contributed by atoms with Gasteiger partial charge in [-0.1, -0.05) is 30.3 Å². The molecule has 2 fully saturated rings. The average molecular weight is 486 g/mol. The molecule has 0 spiro atoms. The quantitative estimate of drug-likeness (QED) is 0.395. The molecule has 0 amide bonds. The van der Waals surface area contributed by atoms with Gasteiger partial charge in [0, 0.05) is 44.3 Å². The molecule has 1 unspecified atom stereocenters. The Morgan fingerprint density at radius 2 is 1.96 bits per heavy atom. The summed E-state index contributed by atoms with van der Waals surface area (Å²) in [6.45, 7) is 7.68. The molecule has 152 valence electrons. The number of aliphatic imine (C=N–C) groups is 1. The van der Waals surface area contributed by atoms with Gasteiger partial charge >= 0.3 is 0 Å². The van der Waals surface area contributed by atoms with Crippen molar-refractivity contribution in [2.24, 2.45) is 4.99 Å². The number of ether oxygens (including phenoxy) is 1. The fourth-order valence-electron chi connectivity index (χ4n) is 4.10. The number of nitrogens with one attached hydrogen (secondary N) is 1. The van der Waals surface area contributed by atoms with Crippen molar-refractivity contribution < 1.29 is 4.74 Å². The molecule has 5 nitrogen and oxygen atoms in total. The van der Waals surface area contributed by atoms with Crippen molar-refractivity contribution >= 4 is 29.9 Å². The van der Waals surface area contributed by atoms with E-state index < -0.39 is 0 Å². The van der Waals surface area contributed by atoms with Gasteiger partial charge in [-0.2, -0.15) is 0 Å². The number of hydrogen-bond acceptors (Lipinski definition) is 3. The zero-order valence-corrected chi connectivity index (χ0v) is 19.3. The Bertz CT molecular complexity index is 587. The SMILES string of the molecule is CCNC(=NCC1(N(C)C)CCOCC1)N1CCC(c2ccccc2)C1.I. The summed E-state index contributed by atoms with van der Waals surface area (Å²) >= 11 is 0. The lowest BCUT2D eigenvalue weighted by molar-refractivity contribution is -0.00262. The summed E-state index contributed by atoms with van der Waals surface area (Å²) < 4.78 is 5.59. The van der Waals surface area contributed by atoms with Crippen LogP contribution >= 0.6 is 24.0 Å². The summed E-state index contributed by atoms with van der Waals surface area (Å²) in [5.74, 6) is 1.67. The van der Waals surface area contributed by atoms with Gasteiger partial charge in [-0.25, -0.2) is 0 Å². The summed E-state index contributed by atoms with van der Waals surface area (Å²) in [7, 11) is 4.35. The molecule has 27 heavy (non-hydrogen) atoms. The molecule has 2 aliphatic rings. The Morgan fingerprint density at radius 3 is 2.59 bits per heavy atom. The Kier molecular flexibility index (Phi) is 8.82. The number of likely N-dealkylation sites (N-methyl/N-ethyl adjacent to an activating group) is 1.